The summed E-state index contributed by atoms with van der Waals surface area (Å²) in [7, 11) is 3.07. The van der Waals surface area contributed by atoms with Crippen LogP contribution < -0.4 is 9.47 Å². The van der Waals surface area contributed by atoms with Crippen LogP contribution in [-0.4, -0.2) is 20.0 Å². The van der Waals surface area contributed by atoms with Crippen molar-refractivity contribution < 1.29 is 14.3 Å². The first-order valence-electron chi connectivity index (χ1n) is 6.25. The van der Waals surface area contributed by atoms with Crippen LogP contribution in [0.4, 0.5) is 0 Å². The molecular weight excluding hydrogens is 311 g/mol. The number of carbonyl (C=O) groups excluding carboxylic acids is 1. The van der Waals surface area contributed by atoms with Gasteiger partial charge in [0.25, 0.3) is 0 Å². The molecule has 2 aromatic rings. The van der Waals surface area contributed by atoms with Gasteiger partial charge in [0.05, 0.1) is 24.3 Å². The third-order valence-electron chi connectivity index (χ3n) is 3.09. The minimum Gasteiger partial charge on any atom is -0.493 e. The molecule has 3 nitrogen and oxygen atoms in total. The summed E-state index contributed by atoms with van der Waals surface area (Å²) >= 11 is 12.1. The summed E-state index contributed by atoms with van der Waals surface area (Å²) in [5.74, 6) is 1.02. The first-order valence-corrected chi connectivity index (χ1v) is 7.00. The van der Waals surface area contributed by atoms with E-state index in [0.717, 1.165) is 0 Å². The molecule has 2 rings (SSSR count). The summed E-state index contributed by atoms with van der Waals surface area (Å²) < 4.78 is 10.3. The Balaban J connectivity index is 2.26. The van der Waals surface area contributed by atoms with E-state index in [9.17, 15) is 4.79 Å². The van der Waals surface area contributed by atoms with Gasteiger partial charge in [0.1, 0.15) is 0 Å². The number of ether oxygens (including phenoxy) is 2. The summed E-state index contributed by atoms with van der Waals surface area (Å²) in [6.07, 6.45) is 0.175. The number of benzene rings is 2. The van der Waals surface area contributed by atoms with Crippen molar-refractivity contribution in [2.75, 3.05) is 14.2 Å². The average Bonchev–Trinajstić information content (AvgIpc) is 2.51. The van der Waals surface area contributed by atoms with Crippen molar-refractivity contribution in [2.45, 2.75) is 6.42 Å². The van der Waals surface area contributed by atoms with Crippen molar-refractivity contribution in [3.63, 3.8) is 0 Å². The molecule has 5 heteroatoms. The highest BCUT2D eigenvalue weighted by molar-refractivity contribution is 6.42. The summed E-state index contributed by atoms with van der Waals surface area (Å²) in [6.45, 7) is 0. The van der Waals surface area contributed by atoms with Crippen LogP contribution in [0.3, 0.4) is 0 Å². The molecule has 0 saturated carbocycles. The second-order valence-electron chi connectivity index (χ2n) is 4.38. The number of ketones is 1. The standard InChI is InChI=1S/C16H14Cl2O3/c1-20-14-7-6-10(9-15(14)21-2)13(19)8-11-4-3-5-12(17)16(11)18/h3-7,9H,8H2,1-2H3. The van der Waals surface area contributed by atoms with Gasteiger partial charge in [-0.15, -0.1) is 0 Å². The molecule has 0 fully saturated rings. The van der Waals surface area contributed by atoms with E-state index in [4.69, 9.17) is 32.7 Å². The van der Waals surface area contributed by atoms with Gasteiger partial charge in [0, 0.05) is 12.0 Å². The molecule has 110 valence electrons. The van der Waals surface area contributed by atoms with Crippen LogP contribution >= 0.6 is 23.2 Å². The van der Waals surface area contributed by atoms with Gasteiger partial charge in [-0.2, -0.15) is 0 Å². The molecule has 0 atom stereocenters. The van der Waals surface area contributed by atoms with E-state index >= 15 is 0 Å². The normalized spacial score (nSPS) is 10.3. The zero-order chi connectivity index (χ0) is 15.4. The Labute approximate surface area is 133 Å². The van der Waals surface area contributed by atoms with Crippen LogP contribution in [0.5, 0.6) is 11.5 Å². The molecule has 0 aliphatic carbocycles. The van der Waals surface area contributed by atoms with Crippen molar-refractivity contribution in [3.05, 3.63) is 57.6 Å². The monoisotopic (exact) mass is 324 g/mol. The lowest BCUT2D eigenvalue weighted by atomic mass is 10.0. The Kier molecular flexibility index (Phi) is 5.10. The van der Waals surface area contributed by atoms with E-state index in [2.05, 4.69) is 0 Å². The fourth-order valence-corrected chi connectivity index (χ4v) is 2.36. The number of carbonyl (C=O) groups is 1. The number of methoxy groups -OCH3 is 2. The van der Waals surface area contributed by atoms with Crippen LogP contribution in [0.15, 0.2) is 36.4 Å². The molecule has 0 bridgehead atoms. The first-order chi connectivity index (χ1) is 10.1. The van der Waals surface area contributed by atoms with Gasteiger partial charge in [-0.1, -0.05) is 35.3 Å². The van der Waals surface area contributed by atoms with Gasteiger partial charge in [-0.3, -0.25) is 4.79 Å². The lowest BCUT2D eigenvalue weighted by Gasteiger charge is -2.10. The van der Waals surface area contributed by atoms with Gasteiger partial charge < -0.3 is 9.47 Å². The van der Waals surface area contributed by atoms with Gasteiger partial charge in [-0.05, 0) is 29.8 Å². The molecular formula is C16H14Cl2O3. The van der Waals surface area contributed by atoms with Crippen molar-refractivity contribution >= 4 is 29.0 Å². The predicted octanol–water partition coefficient (Wildman–Crippen LogP) is 4.44. The molecule has 2 aromatic carbocycles. The van der Waals surface area contributed by atoms with E-state index in [1.54, 1.807) is 43.5 Å². The lowest BCUT2D eigenvalue weighted by molar-refractivity contribution is 0.0992. The molecule has 0 aliphatic rings. The maximum atomic E-state index is 12.3. The quantitative estimate of drug-likeness (QED) is 0.763. The van der Waals surface area contributed by atoms with Crippen molar-refractivity contribution in [3.8, 4) is 11.5 Å². The third-order valence-corrected chi connectivity index (χ3v) is 3.95. The Morgan fingerprint density at radius 3 is 2.43 bits per heavy atom. The minimum absolute atomic E-state index is 0.0693. The zero-order valence-electron chi connectivity index (χ0n) is 11.7. The number of hydrogen-bond acceptors (Lipinski definition) is 3. The molecule has 0 aromatic heterocycles. The van der Waals surface area contributed by atoms with Gasteiger partial charge >= 0.3 is 0 Å². The highest BCUT2D eigenvalue weighted by Gasteiger charge is 2.14. The smallest absolute Gasteiger partial charge is 0.167 e. The molecule has 0 N–H and O–H groups in total. The molecule has 0 amide bonds. The van der Waals surface area contributed by atoms with E-state index in [-0.39, 0.29) is 12.2 Å². The molecule has 0 radical (unpaired) electrons. The second kappa shape index (κ2) is 6.83. The van der Waals surface area contributed by atoms with Crippen LogP contribution in [0.25, 0.3) is 0 Å². The summed E-state index contributed by atoms with van der Waals surface area (Å²) in [5.41, 5.74) is 1.23. The summed E-state index contributed by atoms with van der Waals surface area (Å²) in [5, 5.41) is 0.849. The van der Waals surface area contributed by atoms with Gasteiger partial charge in [0.2, 0.25) is 0 Å². The first kappa shape index (κ1) is 15.7. The van der Waals surface area contributed by atoms with E-state index in [1.165, 1.54) is 7.11 Å². The fraction of sp³-hybridized carbons (Fsp3) is 0.188. The van der Waals surface area contributed by atoms with E-state index in [0.29, 0.717) is 32.7 Å². The van der Waals surface area contributed by atoms with Crippen LogP contribution in [0.1, 0.15) is 15.9 Å². The lowest BCUT2D eigenvalue weighted by Crippen LogP contribution is -2.05. The highest BCUT2D eigenvalue weighted by Crippen LogP contribution is 2.29. The second-order valence-corrected chi connectivity index (χ2v) is 5.17. The molecule has 0 unspecified atom stereocenters. The number of halogens is 2. The number of hydrogen-bond donors (Lipinski definition) is 0. The Bertz CT molecular complexity index is 669. The molecule has 0 spiro atoms. The highest BCUT2D eigenvalue weighted by atomic mass is 35.5. The number of Topliss-reactive ketones (excluding diaryl/α,β-unsaturated/α-hetero) is 1. The topological polar surface area (TPSA) is 35.5 Å². The van der Waals surface area contributed by atoms with Crippen molar-refractivity contribution in [1.29, 1.82) is 0 Å². The Morgan fingerprint density at radius 2 is 1.76 bits per heavy atom. The molecule has 0 saturated heterocycles. The van der Waals surface area contributed by atoms with E-state index < -0.39 is 0 Å². The molecule has 21 heavy (non-hydrogen) atoms. The van der Waals surface area contributed by atoms with Crippen LogP contribution in [-0.2, 0) is 6.42 Å². The predicted molar refractivity (Wildman–Crippen MR) is 84.0 cm³/mol. The largest absolute Gasteiger partial charge is 0.493 e. The minimum atomic E-state index is -0.0693. The summed E-state index contributed by atoms with van der Waals surface area (Å²) in [4.78, 5) is 12.3. The maximum Gasteiger partial charge on any atom is 0.167 e. The van der Waals surface area contributed by atoms with Crippen molar-refractivity contribution in [2.24, 2.45) is 0 Å². The third kappa shape index (κ3) is 3.49. The number of rotatable bonds is 5. The zero-order valence-corrected chi connectivity index (χ0v) is 13.2. The molecule has 0 aliphatic heterocycles. The average molecular weight is 325 g/mol. The van der Waals surface area contributed by atoms with Crippen LogP contribution in [0.2, 0.25) is 10.0 Å². The van der Waals surface area contributed by atoms with Gasteiger partial charge in [0.15, 0.2) is 17.3 Å². The van der Waals surface area contributed by atoms with E-state index in [1.807, 2.05) is 0 Å². The van der Waals surface area contributed by atoms with Crippen LogP contribution in [0, 0.1) is 0 Å². The Hall–Kier alpha value is -1.71. The van der Waals surface area contributed by atoms with Gasteiger partial charge in [-0.25, -0.2) is 0 Å². The Morgan fingerprint density at radius 1 is 1.05 bits per heavy atom. The maximum absolute atomic E-state index is 12.3. The molecule has 0 heterocycles. The fourth-order valence-electron chi connectivity index (χ4n) is 1.97. The SMILES string of the molecule is COc1ccc(C(=O)Cc2cccc(Cl)c2Cl)cc1OC. The summed E-state index contributed by atoms with van der Waals surface area (Å²) in [6, 6.07) is 10.3. The van der Waals surface area contributed by atoms with Crippen molar-refractivity contribution in [1.82, 2.24) is 0 Å².